The third kappa shape index (κ3) is 7.54. The number of rotatable bonds is 6. The van der Waals surface area contributed by atoms with E-state index in [0.29, 0.717) is 22.6 Å². The lowest BCUT2D eigenvalue weighted by Gasteiger charge is -2.20. The molecule has 13 rings (SSSR count). The van der Waals surface area contributed by atoms with Crippen LogP contribution < -0.4 is 9.30 Å². The van der Waals surface area contributed by atoms with Gasteiger partial charge < -0.3 is 4.74 Å². The smallest absolute Gasteiger partial charge is 0.269 e. The number of pyridine rings is 1. The quantitative estimate of drug-likeness (QED) is 0.123. The van der Waals surface area contributed by atoms with Crippen LogP contribution in [0.4, 0.5) is 0 Å². The lowest BCUT2D eigenvalue weighted by atomic mass is 9.86. The van der Waals surface area contributed by atoms with E-state index in [0.717, 1.165) is 94.5 Å². The molecule has 0 aliphatic carbocycles. The predicted molar refractivity (Wildman–Crippen MR) is 300 cm³/mol. The van der Waals surface area contributed by atoms with E-state index in [1.807, 2.05) is 69.4 Å². The molecular weight excluding hydrogens is 889 g/mol. The highest BCUT2D eigenvalue weighted by Gasteiger charge is 2.27. The van der Waals surface area contributed by atoms with Crippen molar-refractivity contribution in [3.8, 4) is 84.3 Å². The van der Waals surface area contributed by atoms with Crippen molar-refractivity contribution in [1.82, 2.24) is 14.1 Å². The van der Waals surface area contributed by atoms with Gasteiger partial charge in [-0.1, -0.05) is 193 Å². The molecule has 5 nitrogen and oxygen atoms in total. The minimum absolute atomic E-state index is 0.0173. The Kier molecular flexibility index (Phi) is 9.24. The fourth-order valence-electron chi connectivity index (χ4n) is 10.6. The number of hydrogen-bond donors (Lipinski definition) is 0. The van der Waals surface area contributed by atoms with Gasteiger partial charge in [-0.2, -0.15) is 0 Å². The van der Waals surface area contributed by atoms with E-state index < -0.39 is 5.41 Å². The fraction of sp³-hybridized carbons (Fsp3) is 0.118. The molecule has 0 saturated heterocycles. The zero-order chi connectivity index (χ0) is 53.1. The molecule has 0 spiro atoms. The third-order valence-corrected chi connectivity index (χ3v) is 14.3. The Morgan fingerprint density at radius 2 is 1.10 bits per heavy atom. The van der Waals surface area contributed by atoms with Crippen molar-refractivity contribution in [2.45, 2.75) is 52.4 Å². The molecular formula is C68H54N4O. The van der Waals surface area contributed by atoms with Gasteiger partial charge in [-0.05, 0) is 132 Å². The maximum atomic E-state index is 9.17. The monoisotopic (exact) mass is 946 g/mol. The van der Waals surface area contributed by atoms with Crippen molar-refractivity contribution in [2.24, 2.45) is 0 Å². The largest absolute Gasteiger partial charge is 0.458 e. The van der Waals surface area contributed by atoms with Crippen LogP contribution in [0.25, 0.3) is 106 Å². The number of para-hydroxylation sites is 2. The van der Waals surface area contributed by atoms with Crippen molar-refractivity contribution >= 4 is 32.8 Å². The van der Waals surface area contributed by atoms with Crippen molar-refractivity contribution in [3.05, 3.63) is 236 Å². The van der Waals surface area contributed by atoms with Crippen LogP contribution in [-0.2, 0) is 10.8 Å². The van der Waals surface area contributed by atoms with Crippen molar-refractivity contribution < 1.29 is 14.8 Å². The van der Waals surface area contributed by atoms with E-state index in [9.17, 15) is 2.74 Å². The van der Waals surface area contributed by atoms with Gasteiger partial charge in [0.15, 0.2) is 0 Å². The Morgan fingerprint density at radius 1 is 0.466 bits per heavy atom. The molecule has 3 aromatic heterocycles. The molecule has 1 aliphatic rings. The van der Waals surface area contributed by atoms with Gasteiger partial charge in [0.1, 0.15) is 17.3 Å². The first-order valence-electron chi connectivity index (χ1n) is 27.0. The summed E-state index contributed by atoms with van der Waals surface area (Å²) in [4.78, 5) is 4.95. The number of benzene rings is 9. The van der Waals surface area contributed by atoms with Gasteiger partial charge in [0, 0.05) is 23.0 Å². The third-order valence-electron chi connectivity index (χ3n) is 14.3. The van der Waals surface area contributed by atoms with Gasteiger partial charge in [0.05, 0.1) is 38.9 Å². The van der Waals surface area contributed by atoms with E-state index in [2.05, 4.69) is 186 Å². The maximum absolute atomic E-state index is 9.17. The van der Waals surface area contributed by atoms with E-state index >= 15 is 0 Å². The molecule has 5 heteroatoms. The van der Waals surface area contributed by atoms with Gasteiger partial charge in [0.25, 0.3) is 6.33 Å². The Bertz CT molecular complexity index is 4360. The van der Waals surface area contributed by atoms with Crippen LogP contribution in [-0.4, -0.2) is 14.1 Å². The molecule has 4 heterocycles. The van der Waals surface area contributed by atoms with Crippen molar-refractivity contribution in [3.63, 3.8) is 0 Å². The predicted octanol–water partition coefficient (Wildman–Crippen LogP) is 17.2. The van der Waals surface area contributed by atoms with E-state index in [4.69, 9.17) is 12.5 Å². The second kappa shape index (κ2) is 16.9. The summed E-state index contributed by atoms with van der Waals surface area (Å²) in [5.74, 6) is 2.01. The Balaban J connectivity index is 0.971. The summed E-state index contributed by atoms with van der Waals surface area (Å²) >= 11 is 0. The molecule has 73 heavy (non-hydrogen) atoms. The highest BCUT2D eigenvalue weighted by molar-refractivity contribution is 6.11. The lowest BCUT2D eigenvalue weighted by Crippen LogP contribution is -2.32. The van der Waals surface area contributed by atoms with Crippen LogP contribution in [0, 0.1) is 6.33 Å². The van der Waals surface area contributed by atoms with E-state index in [-0.39, 0.29) is 35.1 Å². The minimum atomic E-state index is -0.570. The Hall–Kier alpha value is -8.80. The summed E-state index contributed by atoms with van der Waals surface area (Å²) in [5.41, 5.74) is 16.5. The van der Waals surface area contributed by atoms with Crippen LogP contribution in [0.2, 0.25) is 0 Å². The van der Waals surface area contributed by atoms with E-state index in [1.54, 1.807) is 0 Å². The molecule has 352 valence electrons. The van der Waals surface area contributed by atoms with Crippen LogP contribution >= 0.6 is 0 Å². The molecule has 0 N–H and O–H groups in total. The van der Waals surface area contributed by atoms with Gasteiger partial charge in [-0.3, -0.25) is 13.7 Å². The molecule has 0 fully saturated rings. The zero-order valence-corrected chi connectivity index (χ0v) is 41.7. The molecule has 0 saturated carbocycles. The van der Waals surface area contributed by atoms with Crippen LogP contribution in [0.3, 0.4) is 0 Å². The Morgan fingerprint density at radius 3 is 1.84 bits per heavy atom. The SMILES string of the molecule is [2H]c1c([2H])c(C(C)(C)C)c([2H])c([2H])c1-c1ccc2c(c1)c1ccc(Oc3cccc(-n4[c-][n+]5c6c(cccc64)-c4ccccc4-c4ccccc4-c4cccc(-c6ccccc6)c4-5)c3)cc1n2-c1cc(C(C)(C)C)ccn1. The summed E-state index contributed by atoms with van der Waals surface area (Å²) in [6.45, 7) is 12.3. The first kappa shape index (κ1) is 39.9. The standard InChI is InChI=1S/C68H54N4O/c1-67(2,3)47-32-29-44(30-33-47)46-31-36-61-60(39-46)57-35-34-51(42-63(57)72(61)64-40-48(37-38-69-64)68(4,5)6)73-50-20-14-19-49(41-50)70-43-71-65-52(45-17-8-7-9-18-45)25-15-26-58(65)55-23-12-10-21-53(55)54-22-11-13-24-56(54)59-27-16-28-62(70)66(59)71/h7-42H,1-6H3/i29D,30D,32D,33D. The Labute approximate surface area is 432 Å². The normalized spacial score (nSPS) is 13.0. The summed E-state index contributed by atoms with van der Waals surface area (Å²) in [6.07, 6.45) is 5.76. The second-order valence-corrected chi connectivity index (χ2v) is 21.1. The van der Waals surface area contributed by atoms with Crippen LogP contribution in [0.1, 0.15) is 58.2 Å². The number of fused-ring (bicyclic) bond motifs is 10. The van der Waals surface area contributed by atoms with E-state index in [1.165, 1.54) is 5.56 Å². The lowest BCUT2D eigenvalue weighted by molar-refractivity contribution is -0.570. The number of imidazole rings is 1. The van der Waals surface area contributed by atoms with Gasteiger partial charge in [-0.15, -0.1) is 0 Å². The number of aromatic nitrogens is 4. The summed E-state index contributed by atoms with van der Waals surface area (Å²) in [6, 6.07) is 65.4. The highest BCUT2D eigenvalue weighted by atomic mass is 16.5. The summed E-state index contributed by atoms with van der Waals surface area (Å²) in [7, 11) is 0. The van der Waals surface area contributed by atoms with Gasteiger partial charge in [0.2, 0.25) is 0 Å². The summed E-state index contributed by atoms with van der Waals surface area (Å²) in [5, 5.41) is 1.81. The highest BCUT2D eigenvalue weighted by Crippen LogP contribution is 2.45. The minimum Gasteiger partial charge on any atom is -0.458 e. The molecule has 0 bridgehead atoms. The van der Waals surface area contributed by atoms with Crippen LogP contribution in [0.15, 0.2) is 218 Å². The molecule has 12 aromatic rings. The first-order valence-corrected chi connectivity index (χ1v) is 25.0. The topological polar surface area (TPSA) is 35.9 Å². The second-order valence-electron chi connectivity index (χ2n) is 21.1. The summed E-state index contributed by atoms with van der Waals surface area (Å²) < 4.78 is 49.8. The molecule has 0 amide bonds. The number of nitrogens with zero attached hydrogens (tertiary/aromatic N) is 4. The zero-order valence-electron chi connectivity index (χ0n) is 45.7. The number of ether oxygens (including phenoxy) is 1. The van der Waals surface area contributed by atoms with Crippen LogP contribution in [0.5, 0.6) is 11.5 Å². The first-order chi connectivity index (χ1) is 37.1. The number of hydrogen-bond acceptors (Lipinski definition) is 2. The van der Waals surface area contributed by atoms with Gasteiger partial charge in [-0.25, -0.2) is 4.98 Å². The molecule has 9 aromatic carbocycles. The molecule has 0 unspecified atom stereocenters. The average molecular weight is 947 g/mol. The molecule has 1 aliphatic heterocycles. The van der Waals surface area contributed by atoms with Crippen molar-refractivity contribution in [2.75, 3.05) is 0 Å². The fourth-order valence-corrected chi connectivity index (χ4v) is 10.6. The van der Waals surface area contributed by atoms with Gasteiger partial charge >= 0.3 is 0 Å². The molecule has 0 radical (unpaired) electrons. The average Bonchev–Trinajstić information content (AvgIpc) is 4.21. The van der Waals surface area contributed by atoms with Crippen molar-refractivity contribution in [1.29, 1.82) is 0 Å². The maximum Gasteiger partial charge on any atom is 0.269 e. The molecule has 0 atom stereocenters.